The number of nitrogens with two attached hydrogens (primary N) is 1. The lowest BCUT2D eigenvalue weighted by atomic mass is 9.93. The molecule has 170 valence electrons. The monoisotopic (exact) mass is 455 g/mol. The fourth-order valence-corrected chi connectivity index (χ4v) is 3.66. The van der Waals surface area contributed by atoms with Gasteiger partial charge in [-0.3, -0.25) is 0 Å². The van der Waals surface area contributed by atoms with Crippen LogP contribution in [0.5, 0.6) is 11.6 Å². The number of benzene rings is 1. The number of amides is 2. The van der Waals surface area contributed by atoms with E-state index in [9.17, 15) is 18.0 Å². The molecule has 1 aromatic carbocycles. The maximum Gasteiger partial charge on any atom is 0.417 e. The molecule has 4 rings (SSSR count). The second-order valence-electron chi connectivity index (χ2n) is 7.51. The van der Waals surface area contributed by atoms with Crippen molar-refractivity contribution in [2.75, 3.05) is 6.54 Å². The number of primary amides is 1. The summed E-state index contributed by atoms with van der Waals surface area (Å²) in [6.07, 6.45) is 1.03. The molecule has 3 aromatic rings. The Morgan fingerprint density at radius 1 is 1.18 bits per heavy atom. The zero-order chi connectivity index (χ0) is 23.4. The van der Waals surface area contributed by atoms with E-state index in [4.69, 9.17) is 10.5 Å². The first-order valence-electron chi connectivity index (χ1n) is 10.1. The maximum absolute atomic E-state index is 12.7. The lowest BCUT2D eigenvalue weighted by Crippen LogP contribution is -2.42. The third kappa shape index (κ3) is 5.46. The molecule has 2 aromatic heterocycles. The van der Waals surface area contributed by atoms with E-state index in [1.54, 1.807) is 35.4 Å². The zero-order valence-corrected chi connectivity index (χ0v) is 17.4. The number of aromatic nitrogens is 3. The van der Waals surface area contributed by atoms with Gasteiger partial charge in [0.15, 0.2) is 0 Å². The predicted octanol–water partition coefficient (Wildman–Crippen LogP) is 4.98. The van der Waals surface area contributed by atoms with E-state index in [1.165, 1.54) is 6.07 Å². The molecule has 7 nitrogen and oxygen atoms in total. The molecule has 1 aliphatic rings. The molecule has 1 atom stereocenters. The van der Waals surface area contributed by atoms with Crippen molar-refractivity contribution in [2.45, 2.75) is 25.1 Å². The zero-order valence-electron chi connectivity index (χ0n) is 17.4. The van der Waals surface area contributed by atoms with Gasteiger partial charge >= 0.3 is 12.2 Å². The van der Waals surface area contributed by atoms with Gasteiger partial charge in [0.1, 0.15) is 5.75 Å². The quantitative estimate of drug-likeness (QED) is 0.599. The summed E-state index contributed by atoms with van der Waals surface area (Å²) in [7, 11) is 0. The molecule has 0 spiro atoms. The lowest BCUT2D eigenvalue weighted by molar-refractivity contribution is -0.137. The van der Waals surface area contributed by atoms with Gasteiger partial charge in [-0.2, -0.15) is 23.4 Å². The molecule has 0 saturated carbocycles. The molecule has 3 heterocycles. The van der Waals surface area contributed by atoms with Gasteiger partial charge in [-0.05, 0) is 48.7 Å². The van der Waals surface area contributed by atoms with E-state index in [0.29, 0.717) is 30.8 Å². The van der Waals surface area contributed by atoms with Crippen molar-refractivity contribution < 1.29 is 22.7 Å². The molecular weight excluding hydrogens is 435 g/mol. The molecular formula is C23H20F3N5O2. The lowest BCUT2D eigenvalue weighted by Gasteiger charge is -2.35. The number of pyridine rings is 1. The Kier molecular flexibility index (Phi) is 6.25. The number of alkyl halides is 3. The Bertz CT molecular complexity index is 1150. The minimum Gasteiger partial charge on any atom is -0.439 e. The van der Waals surface area contributed by atoms with E-state index >= 15 is 0 Å². The Morgan fingerprint density at radius 2 is 2.03 bits per heavy atom. The molecule has 10 heteroatoms. The summed E-state index contributed by atoms with van der Waals surface area (Å²) in [6, 6.07) is 12.0. The topological polar surface area (TPSA) is 94.2 Å². The summed E-state index contributed by atoms with van der Waals surface area (Å²) >= 11 is 0. The molecule has 33 heavy (non-hydrogen) atoms. The summed E-state index contributed by atoms with van der Waals surface area (Å²) in [5.41, 5.74) is 7.31. The summed E-state index contributed by atoms with van der Waals surface area (Å²) in [6.45, 7) is 0.452. The minimum absolute atomic E-state index is 0.0604. The van der Waals surface area contributed by atoms with Gasteiger partial charge in [0.2, 0.25) is 5.88 Å². The molecule has 2 amide bonds. The minimum atomic E-state index is -4.45. The highest BCUT2D eigenvalue weighted by molar-refractivity contribution is 5.73. The third-order valence-corrected chi connectivity index (χ3v) is 5.24. The maximum atomic E-state index is 12.7. The SMILES string of the molecule is NC(=O)N1CC/C(=C\c2cccc(Oc3ccc(C(F)(F)F)cn3)c2)CC1c1cccnn1. The number of halogens is 3. The van der Waals surface area contributed by atoms with E-state index in [2.05, 4.69) is 15.2 Å². The van der Waals surface area contributed by atoms with Crippen LogP contribution in [0.15, 0.2) is 66.5 Å². The van der Waals surface area contributed by atoms with Gasteiger partial charge in [-0.1, -0.05) is 23.8 Å². The van der Waals surface area contributed by atoms with Gasteiger partial charge in [0.25, 0.3) is 0 Å². The highest BCUT2D eigenvalue weighted by Gasteiger charge is 2.31. The predicted molar refractivity (Wildman–Crippen MR) is 114 cm³/mol. The third-order valence-electron chi connectivity index (χ3n) is 5.24. The van der Waals surface area contributed by atoms with E-state index in [-0.39, 0.29) is 11.9 Å². The van der Waals surface area contributed by atoms with Crippen molar-refractivity contribution in [3.63, 3.8) is 0 Å². The Balaban J connectivity index is 1.51. The molecule has 1 unspecified atom stereocenters. The van der Waals surface area contributed by atoms with Crippen molar-refractivity contribution >= 4 is 12.1 Å². The number of ether oxygens (including phenoxy) is 1. The van der Waals surface area contributed by atoms with Gasteiger partial charge in [0, 0.05) is 25.0 Å². The van der Waals surface area contributed by atoms with Crippen molar-refractivity contribution in [1.29, 1.82) is 0 Å². The van der Waals surface area contributed by atoms with Crippen LogP contribution in [0, 0.1) is 0 Å². The van der Waals surface area contributed by atoms with Crippen molar-refractivity contribution in [1.82, 2.24) is 20.1 Å². The molecule has 2 N–H and O–H groups in total. The highest BCUT2D eigenvalue weighted by Crippen LogP contribution is 2.34. The second-order valence-corrected chi connectivity index (χ2v) is 7.51. The average Bonchev–Trinajstić information content (AvgIpc) is 2.79. The largest absolute Gasteiger partial charge is 0.439 e. The van der Waals surface area contributed by atoms with Crippen LogP contribution in [0.2, 0.25) is 0 Å². The van der Waals surface area contributed by atoms with Crippen molar-refractivity contribution in [3.8, 4) is 11.6 Å². The number of nitrogens with zero attached hydrogens (tertiary/aromatic N) is 4. The fraction of sp³-hybridized carbons (Fsp3) is 0.217. The van der Waals surface area contributed by atoms with Crippen LogP contribution in [0.25, 0.3) is 6.08 Å². The van der Waals surface area contributed by atoms with Crippen LogP contribution in [-0.2, 0) is 6.18 Å². The number of piperidine rings is 1. The van der Waals surface area contributed by atoms with Gasteiger partial charge in [-0.25, -0.2) is 9.78 Å². The second kappa shape index (κ2) is 9.27. The molecule has 1 saturated heterocycles. The van der Waals surface area contributed by atoms with Crippen molar-refractivity contribution in [2.24, 2.45) is 5.73 Å². The van der Waals surface area contributed by atoms with Crippen LogP contribution < -0.4 is 10.5 Å². The number of rotatable bonds is 4. The van der Waals surface area contributed by atoms with E-state index in [0.717, 1.165) is 23.4 Å². The Morgan fingerprint density at radius 3 is 2.70 bits per heavy atom. The van der Waals surface area contributed by atoms with Crippen LogP contribution in [0.1, 0.15) is 35.7 Å². The normalized spacial score (nSPS) is 17.7. The molecule has 1 aliphatic heterocycles. The first-order valence-corrected chi connectivity index (χ1v) is 10.1. The number of carbonyl (C=O) groups excluding carboxylic acids is 1. The number of urea groups is 1. The van der Waals surface area contributed by atoms with Crippen LogP contribution in [0.3, 0.4) is 0 Å². The summed E-state index contributed by atoms with van der Waals surface area (Å²) in [4.78, 5) is 17.2. The van der Waals surface area contributed by atoms with Gasteiger partial charge in [0.05, 0.1) is 17.3 Å². The van der Waals surface area contributed by atoms with E-state index in [1.807, 2.05) is 18.2 Å². The number of carbonyl (C=O) groups is 1. The standard InChI is InChI=1S/C23H20F3N5O2/c24-23(25,26)17-6-7-21(28-14-17)33-18-4-1-3-15(12-18)11-16-8-10-31(22(27)32)20(13-16)19-5-2-9-29-30-19/h1-7,9,11-12,14,20H,8,10,13H2,(H2,27,32)/b16-11+. The summed E-state index contributed by atoms with van der Waals surface area (Å²) < 4.78 is 43.7. The van der Waals surface area contributed by atoms with Gasteiger partial charge < -0.3 is 15.4 Å². The van der Waals surface area contributed by atoms with Crippen LogP contribution in [0.4, 0.5) is 18.0 Å². The molecule has 1 fully saturated rings. The summed E-state index contributed by atoms with van der Waals surface area (Å²) in [5.74, 6) is 0.502. The molecule has 0 aliphatic carbocycles. The first-order chi connectivity index (χ1) is 15.8. The van der Waals surface area contributed by atoms with Gasteiger partial charge in [-0.15, -0.1) is 0 Å². The van der Waals surface area contributed by atoms with E-state index < -0.39 is 17.8 Å². The number of hydrogen-bond donors (Lipinski definition) is 1. The van der Waals surface area contributed by atoms with Crippen LogP contribution in [-0.4, -0.2) is 32.7 Å². The Hall–Kier alpha value is -3.95. The average molecular weight is 455 g/mol. The fourth-order valence-electron chi connectivity index (χ4n) is 3.66. The summed E-state index contributed by atoms with van der Waals surface area (Å²) in [5, 5.41) is 8.03. The highest BCUT2D eigenvalue weighted by atomic mass is 19.4. The first kappa shape index (κ1) is 22.3. The molecule has 0 radical (unpaired) electrons. The smallest absolute Gasteiger partial charge is 0.417 e. The Labute approximate surface area is 187 Å². The number of likely N-dealkylation sites (tertiary alicyclic amines) is 1. The van der Waals surface area contributed by atoms with Crippen LogP contribution >= 0.6 is 0 Å². The number of hydrogen-bond acceptors (Lipinski definition) is 5. The van der Waals surface area contributed by atoms with Crippen molar-refractivity contribution in [3.05, 3.63) is 83.3 Å². The molecule has 0 bridgehead atoms.